The van der Waals surface area contributed by atoms with E-state index in [1.54, 1.807) is 7.11 Å². The Hall–Kier alpha value is -1.59. The Morgan fingerprint density at radius 1 is 1.30 bits per heavy atom. The molecule has 1 heterocycles. The van der Waals surface area contributed by atoms with E-state index in [1.165, 1.54) is 12.0 Å². The average molecular weight is 320 g/mol. The Morgan fingerprint density at radius 2 is 2.04 bits per heavy atom. The molecular weight excluding hydrogens is 292 g/mol. The van der Waals surface area contributed by atoms with Crippen LogP contribution < -0.4 is 4.74 Å². The molecule has 1 aromatic rings. The lowest BCUT2D eigenvalue weighted by atomic mass is 10.0. The maximum atomic E-state index is 12.7. The Bertz CT molecular complexity index is 490. The van der Waals surface area contributed by atoms with Crippen molar-refractivity contribution >= 4 is 5.91 Å². The molecule has 0 radical (unpaired) electrons. The molecule has 1 aliphatic rings. The SMILES string of the molecule is COc1ccc(C2CCCCCN2C(=O)CN(C)CCO)cc1. The highest BCUT2D eigenvalue weighted by molar-refractivity contribution is 5.78. The van der Waals surface area contributed by atoms with Crippen LogP contribution in [0.1, 0.15) is 37.3 Å². The minimum absolute atomic E-state index is 0.0751. The molecule has 1 N–H and O–H groups in total. The van der Waals surface area contributed by atoms with Crippen molar-refractivity contribution in [1.29, 1.82) is 0 Å². The van der Waals surface area contributed by atoms with Gasteiger partial charge >= 0.3 is 0 Å². The van der Waals surface area contributed by atoms with Gasteiger partial charge in [0, 0.05) is 13.1 Å². The van der Waals surface area contributed by atoms with Crippen molar-refractivity contribution in [3.8, 4) is 5.75 Å². The lowest BCUT2D eigenvalue weighted by molar-refractivity contribution is -0.134. The number of likely N-dealkylation sites (tertiary alicyclic amines) is 1. The fourth-order valence-electron chi connectivity index (χ4n) is 3.15. The van der Waals surface area contributed by atoms with Crippen molar-refractivity contribution in [1.82, 2.24) is 9.80 Å². The topological polar surface area (TPSA) is 53.0 Å². The minimum atomic E-state index is 0.0751. The first kappa shape index (κ1) is 17.8. The molecule has 1 aromatic carbocycles. The first-order valence-electron chi connectivity index (χ1n) is 8.38. The fourth-order valence-corrected chi connectivity index (χ4v) is 3.15. The van der Waals surface area contributed by atoms with Gasteiger partial charge in [0.05, 0.1) is 26.3 Å². The predicted molar refractivity (Wildman–Crippen MR) is 90.5 cm³/mol. The molecule has 1 aliphatic heterocycles. The van der Waals surface area contributed by atoms with E-state index in [4.69, 9.17) is 9.84 Å². The summed E-state index contributed by atoms with van der Waals surface area (Å²) < 4.78 is 5.22. The van der Waals surface area contributed by atoms with E-state index < -0.39 is 0 Å². The number of aliphatic hydroxyl groups excluding tert-OH is 1. The number of hydrogen-bond donors (Lipinski definition) is 1. The van der Waals surface area contributed by atoms with Crippen LogP contribution in [0.25, 0.3) is 0 Å². The standard InChI is InChI=1S/C18H28N2O3/c1-19(12-13-21)14-18(22)20-11-5-3-4-6-17(20)15-7-9-16(23-2)10-8-15/h7-10,17,21H,3-6,11-14H2,1-2H3. The summed E-state index contributed by atoms with van der Waals surface area (Å²) >= 11 is 0. The number of likely N-dealkylation sites (N-methyl/N-ethyl adjacent to an activating group) is 1. The number of nitrogens with zero attached hydrogens (tertiary/aromatic N) is 2. The van der Waals surface area contributed by atoms with Crippen LogP contribution >= 0.6 is 0 Å². The van der Waals surface area contributed by atoms with Crippen molar-refractivity contribution in [3.63, 3.8) is 0 Å². The van der Waals surface area contributed by atoms with Crippen LogP contribution in [-0.4, -0.2) is 61.2 Å². The molecule has 0 saturated carbocycles. The van der Waals surface area contributed by atoms with Crippen LogP contribution in [0, 0.1) is 0 Å². The van der Waals surface area contributed by atoms with E-state index in [0.29, 0.717) is 13.1 Å². The maximum absolute atomic E-state index is 12.7. The summed E-state index contributed by atoms with van der Waals surface area (Å²) in [6.45, 7) is 1.76. The quantitative estimate of drug-likeness (QED) is 0.872. The Labute approximate surface area is 138 Å². The second-order valence-corrected chi connectivity index (χ2v) is 6.19. The van der Waals surface area contributed by atoms with Crippen LogP contribution in [0.2, 0.25) is 0 Å². The number of amides is 1. The van der Waals surface area contributed by atoms with Gasteiger partial charge in [-0.25, -0.2) is 0 Å². The summed E-state index contributed by atoms with van der Waals surface area (Å²) in [5, 5.41) is 9.01. The van der Waals surface area contributed by atoms with Gasteiger partial charge in [0.25, 0.3) is 0 Å². The number of carbonyl (C=O) groups is 1. The zero-order valence-corrected chi connectivity index (χ0v) is 14.2. The van der Waals surface area contributed by atoms with Crippen LogP contribution in [-0.2, 0) is 4.79 Å². The van der Waals surface area contributed by atoms with E-state index in [1.807, 2.05) is 29.0 Å². The normalized spacial score (nSPS) is 18.8. The molecule has 5 nitrogen and oxygen atoms in total. The minimum Gasteiger partial charge on any atom is -0.497 e. The van der Waals surface area contributed by atoms with Gasteiger partial charge in [-0.3, -0.25) is 9.69 Å². The molecule has 1 atom stereocenters. The number of carbonyl (C=O) groups excluding carboxylic acids is 1. The van der Waals surface area contributed by atoms with Crippen LogP contribution in [0.5, 0.6) is 5.75 Å². The molecule has 1 saturated heterocycles. The maximum Gasteiger partial charge on any atom is 0.237 e. The summed E-state index contributed by atoms with van der Waals surface area (Å²) in [6.07, 6.45) is 4.37. The Morgan fingerprint density at radius 3 is 2.70 bits per heavy atom. The van der Waals surface area contributed by atoms with Gasteiger partial charge in [-0.1, -0.05) is 25.0 Å². The molecular formula is C18H28N2O3. The summed E-state index contributed by atoms with van der Waals surface area (Å²) in [6, 6.07) is 8.18. The summed E-state index contributed by atoms with van der Waals surface area (Å²) in [5.41, 5.74) is 1.17. The van der Waals surface area contributed by atoms with Gasteiger partial charge in [-0.05, 0) is 37.6 Å². The number of methoxy groups -OCH3 is 1. The lowest BCUT2D eigenvalue weighted by Gasteiger charge is -2.32. The predicted octanol–water partition coefficient (Wildman–Crippen LogP) is 2.06. The highest BCUT2D eigenvalue weighted by Gasteiger charge is 2.27. The van der Waals surface area contributed by atoms with Gasteiger partial charge in [0.2, 0.25) is 5.91 Å². The molecule has 0 aliphatic carbocycles. The monoisotopic (exact) mass is 320 g/mol. The zero-order chi connectivity index (χ0) is 16.7. The van der Waals surface area contributed by atoms with Crippen molar-refractivity contribution in [2.24, 2.45) is 0 Å². The van der Waals surface area contributed by atoms with Crippen LogP contribution in [0.15, 0.2) is 24.3 Å². The van der Waals surface area contributed by atoms with Crippen molar-refractivity contribution in [2.45, 2.75) is 31.7 Å². The number of rotatable bonds is 6. The van der Waals surface area contributed by atoms with Crippen LogP contribution in [0.3, 0.4) is 0 Å². The number of ether oxygens (including phenoxy) is 1. The van der Waals surface area contributed by atoms with E-state index in [9.17, 15) is 4.79 Å². The van der Waals surface area contributed by atoms with E-state index in [-0.39, 0.29) is 18.6 Å². The summed E-state index contributed by atoms with van der Waals surface area (Å²) in [7, 11) is 3.53. The van der Waals surface area contributed by atoms with Gasteiger partial charge in [-0.2, -0.15) is 0 Å². The van der Waals surface area contributed by atoms with Gasteiger partial charge in [-0.15, -0.1) is 0 Å². The fraction of sp³-hybridized carbons (Fsp3) is 0.611. The van der Waals surface area contributed by atoms with Gasteiger partial charge in [0.15, 0.2) is 0 Å². The average Bonchev–Trinajstić information content (AvgIpc) is 2.81. The third kappa shape index (κ3) is 4.94. The van der Waals surface area contributed by atoms with Gasteiger partial charge < -0.3 is 14.7 Å². The second kappa shape index (κ2) is 8.89. The highest BCUT2D eigenvalue weighted by Crippen LogP contribution is 2.31. The molecule has 5 heteroatoms. The molecule has 1 fully saturated rings. The van der Waals surface area contributed by atoms with Gasteiger partial charge in [0.1, 0.15) is 5.75 Å². The Balaban J connectivity index is 2.13. The molecule has 0 aromatic heterocycles. The van der Waals surface area contributed by atoms with E-state index in [0.717, 1.165) is 31.6 Å². The number of benzene rings is 1. The first-order valence-corrected chi connectivity index (χ1v) is 8.38. The second-order valence-electron chi connectivity index (χ2n) is 6.19. The molecule has 1 unspecified atom stereocenters. The van der Waals surface area contributed by atoms with Crippen LogP contribution in [0.4, 0.5) is 0 Å². The number of aliphatic hydroxyl groups is 1. The smallest absolute Gasteiger partial charge is 0.237 e. The largest absolute Gasteiger partial charge is 0.497 e. The highest BCUT2D eigenvalue weighted by atomic mass is 16.5. The lowest BCUT2D eigenvalue weighted by Crippen LogP contribution is -2.41. The van der Waals surface area contributed by atoms with Crippen molar-refractivity contribution in [2.75, 3.05) is 40.4 Å². The molecule has 0 spiro atoms. The zero-order valence-electron chi connectivity index (χ0n) is 14.2. The Kier molecular flexibility index (Phi) is 6.86. The first-order chi connectivity index (χ1) is 11.2. The number of hydrogen-bond acceptors (Lipinski definition) is 4. The molecule has 1 amide bonds. The molecule has 0 bridgehead atoms. The summed E-state index contributed by atoms with van der Waals surface area (Å²) in [5.74, 6) is 0.978. The van der Waals surface area contributed by atoms with Crippen molar-refractivity contribution < 1.29 is 14.6 Å². The van der Waals surface area contributed by atoms with Crippen molar-refractivity contribution in [3.05, 3.63) is 29.8 Å². The van der Waals surface area contributed by atoms with E-state index >= 15 is 0 Å². The third-order valence-electron chi connectivity index (χ3n) is 4.46. The molecule has 2 rings (SSSR count). The molecule has 128 valence electrons. The summed E-state index contributed by atoms with van der Waals surface area (Å²) in [4.78, 5) is 16.6. The van der Waals surface area contributed by atoms with E-state index in [2.05, 4.69) is 12.1 Å². The third-order valence-corrected chi connectivity index (χ3v) is 4.46. The molecule has 23 heavy (non-hydrogen) atoms.